The predicted molar refractivity (Wildman–Crippen MR) is 95.8 cm³/mol. The number of nitrogens with zero attached hydrogens (tertiary/aromatic N) is 1. The van der Waals surface area contributed by atoms with Crippen LogP contribution in [0.5, 0.6) is 5.75 Å². The minimum Gasteiger partial charge on any atom is -0.490 e. The molecular formula is C20H27NO3. The van der Waals surface area contributed by atoms with Gasteiger partial charge in [-0.15, -0.1) is 0 Å². The first kappa shape index (κ1) is 16.9. The van der Waals surface area contributed by atoms with E-state index in [0.29, 0.717) is 18.3 Å². The average molecular weight is 329 g/mol. The standard InChI is InChI=1S/C20H27NO3/c1-4-12-21-14(3)19(20(22)23-5-2)17-13-16(10-11-18(17)21)24-15-8-6-7-9-15/h10-11,13,15H,4-9,12H2,1-3H3. The molecule has 0 aliphatic heterocycles. The highest BCUT2D eigenvalue weighted by Crippen LogP contribution is 2.32. The van der Waals surface area contributed by atoms with Crippen LogP contribution >= 0.6 is 0 Å². The van der Waals surface area contributed by atoms with Crippen LogP contribution in [0.25, 0.3) is 10.9 Å². The first-order valence-corrected chi connectivity index (χ1v) is 9.12. The highest BCUT2D eigenvalue weighted by atomic mass is 16.5. The summed E-state index contributed by atoms with van der Waals surface area (Å²) in [6, 6.07) is 6.12. The van der Waals surface area contributed by atoms with Gasteiger partial charge in [0.25, 0.3) is 0 Å². The molecule has 0 amide bonds. The molecule has 1 aromatic heterocycles. The maximum atomic E-state index is 12.5. The van der Waals surface area contributed by atoms with Crippen LogP contribution in [0.4, 0.5) is 0 Å². The van der Waals surface area contributed by atoms with E-state index in [4.69, 9.17) is 9.47 Å². The van der Waals surface area contributed by atoms with Crippen molar-refractivity contribution in [1.29, 1.82) is 0 Å². The van der Waals surface area contributed by atoms with Crippen LogP contribution in [0.2, 0.25) is 0 Å². The molecule has 1 heterocycles. The smallest absolute Gasteiger partial charge is 0.340 e. The zero-order valence-electron chi connectivity index (χ0n) is 14.9. The van der Waals surface area contributed by atoms with E-state index in [1.165, 1.54) is 12.8 Å². The van der Waals surface area contributed by atoms with Gasteiger partial charge in [0.15, 0.2) is 0 Å². The third-order valence-corrected chi connectivity index (χ3v) is 4.83. The number of carbonyl (C=O) groups excluding carboxylic acids is 1. The van der Waals surface area contributed by atoms with Crippen LogP contribution in [-0.4, -0.2) is 23.2 Å². The summed E-state index contributed by atoms with van der Waals surface area (Å²) < 4.78 is 13.6. The van der Waals surface area contributed by atoms with Gasteiger partial charge in [-0.25, -0.2) is 4.79 Å². The zero-order chi connectivity index (χ0) is 17.1. The molecule has 24 heavy (non-hydrogen) atoms. The summed E-state index contributed by atoms with van der Waals surface area (Å²) in [5, 5.41) is 0.940. The molecule has 0 radical (unpaired) electrons. The van der Waals surface area contributed by atoms with Crippen molar-refractivity contribution in [2.24, 2.45) is 0 Å². The lowest BCUT2D eigenvalue weighted by atomic mass is 10.1. The second-order valence-electron chi connectivity index (χ2n) is 6.54. The number of fused-ring (bicyclic) bond motifs is 1. The Balaban J connectivity index is 2.04. The van der Waals surface area contributed by atoms with Crippen molar-refractivity contribution in [2.75, 3.05) is 6.61 Å². The molecule has 1 aromatic carbocycles. The molecule has 1 fully saturated rings. The molecule has 1 saturated carbocycles. The fraction of sp³-hybridized carbons (Fsp3) is 0.550. The Bertz CT molecular complexity index is 726. The first-order valence-electron chi connectivity index (χ1n) is 9.12. The molecule has 0 atom stereocenters. The molecule has 3 rings (SSSR count). The number of hydrogen-bond acceptors (Lipinski definition) is 3. The normalized spacial score (nSPS) is 15.1. The van der Waals surface area contributed by atoms with E-state index in [2.05, 4.69) is 17.6 Å². The van der Waals surface area contributed by atoms with Crippen molar-refractivity contribution in [3.05, 3.63) is 29.5 Å². The number of aryl methyl sites for hydroxylation is 1. The second-order valence-corrected chi connectivity index (χ2v) is 6.54. The van der Waals surface area contributed by atoms with Gasteiger partial charge in [-0.1, -0.05) is 6.92 Å². The lowest BCUT2D eigenvalue weighted by molar-refractivity contribution is 0.0527. The van der Waals surface area contributed by atoms with Crippen LogP contribution < -0.4 is 4.74 Å². The Kier molecular flexibility index (Phi) is 5.12. The lowest BCUT2D eigenvalue weighted by Crippen LogP contribution is -2.10. The van der Waals surface area contributed by atoms with Crippen LogP contribution in [0, 0.1) is 6.92 Å². The van der Waals surface area contributed by atoms with E-state index in [1.54, 1.807) is 0 Å². The first-order chi connectivity index (χ1) is 11.7. The van der Waals surface area contributed by atoms with Crippen molar-refractivity contribution in [3.8, 4) is 5.75 Å². The van der Waals surface area contributed by atoms with E-state index in [1.807, 2.05) is 26.0 Å². The Labute approximate surface area is 143 Å². The maximum absolute atomic E-state index is 12.5. The molecule has 130 valence electrons. The fourth-order valence-corrected chi connectivity index (χ4v) is 3.71. The van der Waals surface area contributed by atoms with E-state index < -0.39 is 0 Å². The van der Waals surface area contributed by atoms with Crippen LogP contribution in [0.15, 0.2) is 18.2 Å². The highest BCUT2D eigenvalue weighted by Gasteiger charge is 2.22. The predicted octanol–water partition coefficient (Wildman–Crippen LogP) is 4.86. The van der Waals surface area contributed by atoms with Gasteiger partial charge < -0.3 is 14.0 Å². The van der Waals surface area contributed by atoms with E-state index in [0.717, 1.165) is 48.2 Å². The van der Waals surface area contributed by atoms with E-state index in [-0.39, 0.29) is 5.97 Å². The largest absolute Gasteiger partial charge is 0.490 e. The number of benzene rings is 1. The Morgan fingerprint density at radius 1 is 1.25 bits per heavy atom. The number of ether oxygens (including phenoxy) is 2. The molecule has 4 heteroatoms. The molecule has 4 nitrogen and oxygen atoms in total. The van der Waals surface area contributed by atoms with Gasteiger partial charge in [0.05, 0.1) is 18.3 Å². The summed E-state index contributed by atoms with van der Waals surface area (Å²) in [6.45, 7) is 7.26. The molecule has 0 unspecified atom stereocenters. The van der Waals surface area contributed by atoms with Crippen molar-refractivity contribution in [2.45, 2.75) is 65.5 Å². The van der Waals surface area contributed by atoms with Crippen molar-refractivity contribution in [1.82, 2.24) is 4.57 Å². The average Bonchev–Trinajstić information content (AvgIpc) is 3.15. The van der Waals surface area contributed by atoms with Crippen molar-refractivity contribution < 1.29 is 14.3 Å². The van der Waals surface area contributed by atoms with Gasteiger partial charge in [0.2, 0.25) is 0 Å². The summed E-state index contributed by atoms with van der Waals surface area (Å²) in [6.07, 6.45) is 6.07. The van der Waals surface area contributed by atoms with Gasteiger partial charge in [0, 0.05) is 23.1 Å². The number of carbonyl (C=O) groups is 1. The second kappa shape index (κ2) is 7.29. The topological polar surface area (TPSA) is 40.5 Å². The van der Waals surface area contributed by atoms with Gasteiger partial charge in [-0.05, 0) is 64.2 Å². The molecule has 2 aromatic rings. The molecule has 1 aliphatic carbocycles. The summed E-state index contributed by atoms with van der Waals surface area (Å²) in [7, 11) is 0. The Morgan fingerprint density at radius 3 is 2.67 bits per heavy atom. The quantitative estimate of drug-likeness (QED) is 0.711. The summed E-state index contributed by atoms with van der Waals surface area (Å²) in [4.78, 5) is 12.5. The summed E-state index contributed by atoms with van der Waals surface area (Å²) >= 11 is 0. The Morgan fingerprint density at radius 2 is 2.00 bits per heavy atom. The number of aromatic nitrogens is 1. The molecular weight excluding hydrogens is 302 g/mol. The van der Waals surface area contributed by atoms with Gasteiger partial charge in [0.1, 0.15) is 5.75 Å². The highest BCUT2D eigenvalue weighted by molar-refractivity contribution is 6.06. The molecule has 1 aliphatic rings. The van der Waals surface area contributed by atoms with Gasteiger partial charge in [-0.3, -0.25) is 0 Å². The third-order valence-electron chi connectivity index (χ3n) is 4.83. The number of hydrogen-bond donors (Lipinski definition) is 0. The SMILES string of the molecule is CCCn1c(C)c(C(=O)OCC)c2cc(OC3CCCC3)ccc21. The van der Waals surface area contributed by atoms with Crippen LogP contribution in [0.3, 0.4) is 0 Å². The number of esters is 1. The van der Waals surface area contributed by atoms with Crippen molar-refractivity contribution in [3.63, 3.8) is 0 Å². The minimum absolute atomic E-state index is 0.243. The number of rotatable bonds is 6. The van der Waals surface area contributed by atoms with E-state index >= 15 is 0 Å². The molecule has 0 bridgehead atoms. The van der Waals surface area contributed by atoms with Crippen LogP contribution in [0.1, 0.15) is 62.0 Å². The zero-order valence-corrected chi connectivity index (χ0v) is 14.9. The third kappa shape index (κ3) is 3.14. The van der Waals surface area contributed by atoms with Crippen LogP contribution in [-0.2, 0) is 11.3 Å². The summed E-state index contributed by atoms with van der Waals surface area (Å²) in [5.74, 6) is 0.612. The van der Waals surface area contributed by atoms with E-state index in [9.17, 15) is 4.79 Å². The summed E-state index contributed by atoms with van der Waals surface area (Å²) in [5.41, 5.74) is 2.73. The molecule has 0 saturated heterocycles. The lowest BCUT2D eigenvalue weighted by Gasteiger charge is -2.13. The Hall–Kier alpha value is -1.97. The van der Waals surface area contributed by atoms with Gasteiger partial charge in [-0.2, -0.15) is 0 Å². The molecule has 0 N–H and O–H groups in total. The maximum Gasteiger partial charge on any atom is 0.340 e. The van der Waals surface area contributed by atoms with Gasteiger partial charge >= 0.3 is 5.97 Å². The van der Waals surface area contributed by atoms with Crippen molar-refractivity contribution >= 4 is 16.9 Å². The molecule has 0 spiro atoms. The fourth-order valence-electron chi connectivity index (χ4n) is 3.71. The minimum atomic E-state index is -0.243. The monoisotopic (exact) mass is 329 g/mol.